The van der Waals surface area contributed by atoms with E-state index in [0.717, 1.165) is 21.4 Å². The van der Waals surface area contributed by atoms with Crippen LogP contribution in [0.5, 0.6) is 5.75 Å². The number of nitrogens with zero attached hydrogens (tertiary/aromatic N) is 3. The van der Waals surface area contributed by atoms with E-state index in [1.54, 1.807) is 5.01 Å². The van der Waals surface area contributed by atoms with Crippen molar-refractivity contribution in [3.63, 3.8) is 0 Å². The molecule has 0 amide bonds. The van der Waals surface area contributed by atoms with Crippen molar-refractivity contribution in [2.45, 2.75) is 19.6 Å². The first-order chi connectivity index (χ1) is 15.9. The van der Waals surface area contributed by atoms with E-state index < -0.39 is 23.3 Å². The zero-order valence-electron chi connectivity index (χ0n) is 18.3. The molecule has 1 heterocycles. The monoisotopic (exact) mass is 468 g/mol. The van der Waals surface area contributed by atoms with Crippen LogP contribution in [0, 0.1) is 0 Å². The highest BCUT2D eigenvalue weighted by Crippen LogP contribution is 2.23. The summed E-state index contributed by atoms with van der Waals surface area (Å²) in [4.78, 5) is 13.4. The maximum Gasteiger partial charge on any atom is 0.323 e. The molecule has 1 N–H and O–H groups in total. The van der Waals surface area contributed by atoms with Gasteiger partial charge in [0, 0.05) is 43.1 Å². The molecule has 8 nitrogen and oxygen atoms in total. The number of piperazine rings is 1. The fourth-order valence-corrected chi connectivity index (χ4v) is 4.66. The predicted molar refractivity (Wildman–Crippen MR) is 126 cm³/mol. The minimum atomic E-state index is -2.64. The summed E-state index contributed by atoms with van der Waals surface area (Å²) >= 11 is -2.64. The topological polar surface area (TPSA) is 96.4 Å². The van der Waals surface area contributed by atoms with Gasteiger partial charge in [0.1, 0.15) is 18.4 Å². The van der Waals surface area contributed by atoms with E-state index in [4.69, 9.17) is 4.74 Å². The SMILES string of the molecule is CC(C(=O)O)N(N1CCN(c2ccc(OCc3ccc4ccccc4c3)cc2)CC1)S(=O)[O-]. The average Bonchev–Trinajstić information content (AvgIpc) is 2.83. The number of benzene rings is 3. The molecule has 0 aliphatic carbocycles. The Kier molecular flexibility index (Phi) is 7.24. The lowest BCUT2D eigenvalue weighted by Crippen LogP contribution is -2.58. The second kappa shape index (κ2) is 10.3. The molecule has 2 atom stereocenters. The van der Waals surface area contributed by atoms with Crippen LogP contribution in [0.15, 0.2) is 66.7 Å². The van der Waals surface area contributed by atoms with Crippen molar-refractivity contribution >= 4 is 33.7 Å². The zero-order valence-corrected chi connectivity index (χ0v) is 19.1. The lowest BCUT2D eigenvalue weighted by molar-refractivity contribution is -0.145. The fourth-order valence-electron chi connectivity index (χ4n) is 3.96. The highest BCUT2D eigenvalue weighted by molar-refractivity contribution is 7.76. The molecule has 33 heavy (non-hydrogen) atoms. The number of anilines is 1. The zero-order chi connectivity index (χ0) is 23.4. The molecule has 2 unspecified atom stereocenters. The van der Waals surface area contributed by atoms with E-state index in [-0.39, 0.29) is 0 Å². The molecule has 0 bridgehead atoms. The Bertz CT molecular complexity index is 1130. The fraction of sp³-hybridized carbons (Fsp3) is 0.292. The Labute approximate surface area is 195 Å². The number of rotatable bonds is 8. The number of hydrogen-bond donors (Lipinski definition) is 1. The predicted octanol–water partition coefficient (Wildman–Crippen LogP) is 3.03. The molecule has 0 saturated carbocycles. The summed E-state index contributed by atoms with van der Waals surface area (Å²) in [6.45, 7) is 3.82. The number of carbonyl (C=O) groups is 1. The van der Waals surface area contributed by atoms with Gasteiger partial charge < -0.3 is 19.3 Å². The number of fused-ring (bicyclic) bond motifs is 1. The Hall–Kier alpha value is -2.98. The van der Waals surface area contributed by atoms with E-state index in [9.17, 15) is 18.7 Å². The van der Waals surface area contributed by atoms with Gasteiger partial charge in [-0.1, -0.05) is 36.4 Å². The van der Waals surface area contributed by atoms with Gasteiger partial charge in [0.05, 0.1) is 0 Å². The maximum absolute atomic E-state index is 11.6. The van der Waals surface area contributed by atoms with E-state index in [2.05, 4.69) is 35.2 Å². The molecule has 1 fully saturated rings. The van der Waals surface area contributed by atoms with Crippen LogP contribution >= 0.6 is 0 Å². The van der Waals surface area contributed by atoms with Gasteiger partial charge in [-0.25, -0.2) is 5.01 Å². The summed E-state index contributed by atoms with van der Waals surface area (Å²) in [5.74, 6) is -0.408. The van der Waals surface area contributed by atoms with Crippen LogP contribution in [-0.4, -0.2) is 61.5 Å². The molecule has 0 radical (unpaired) electrons. The van der Waals surface area contributed by atoms with Crippen molar-refractivity contribution in [1.82, 2.24) is 9.42 Å². The first-order valence-electron chi connectivity index (χ1n) is 10.7. The Balaban J connectivity index is 1.33. The van der Waals surface area contributed by atoms with Gasteiger partial charge in [-0.3, -0.25) is 9.00 Å². The number of hydrogen-bond acceptors (Lipinski definition) is 6. The minimum absolute atomic E-state index is 0.409. The normalized spacial score (nSPS) is 16.6. The lowest BCUT2D eigenvalue weighted by Gasteiger charge is -2.43. The highest BCUT2D eigenvalue weighted by atomic mass is 32.2. The van der Waals surface area contributed by atoms with Crippen molar-refractivity contribution in [3.05, 3.63) is 72.3 Å². The molecule has 174 valence electrons. The summed E-state index contributed by atoms with van der Waals surface area (Å²) in [6.07, 6.45) is 0. The molecule has 3 aromatic carbocycles. The first-order valence-corrected chi connectivity index (χ1v) is 11.8. The van der Waals surface area contributed by atoms with Crippen molar-refractivity contribution < 1.29 is 23.4 Å². The molecule has 1 aliphatic rings. The van der Waals surface area contributed by atoms with Crippen LogP contribution in [0.2, 0.25) is 0 Å². The number of hydrazine groups is 1. The number of carboxylic acids is 1. The average molecular weight is 469 g/mol. The summed E-state index contributed by atoms with van der Waals surface area (Å²) < 4.78 is 30.0. The van der Waals surface area contributed by atoms with Crippen molar-refractivity contribution in [1.29, 1.82) is 0 Å². The Morgan fingerprint density at radius 3 is 2.36 bits per heavy atom. The number of carboxylic acid groups (broad SMARTS) is 1. The molecular formula is C24H26N3O5S-. The standard InChI is InChI=1S/C24H27N3O5S/c1-18(24(28)29)27(33(30)31)26-14-12-25(13-15-26)22-8-10-23(11-9-22)32-17-19-6-7-20-4-2-3-5-21(20)16-19/h2-11,16,18H,12-15,17H2,1H3,(H,28,29)(H,30,31)/p-1. The molecule has 1 aliphatic heterocycles. The summed E-state index contributed by atoms with van der Waals surface area (Å²) in [7, 11) is 0. The van der Waals surface area contributed by atoms with Crippen LogP contribution in [0.4, 0.5) is 5.69 Å². The summed E-state index contributed by atoms with van der Waals surface area (Å²) in [5.41, 5.74) is 2.11. The second-order valence-corrected chi connectivity index (χ2v) is 8.75. The first kappa shape index (κ1) is 23.2. The second-order valence-electron chi connectivity index (χ2n) is 7.94. The third-order valence-corrected chi connectivity index (χ3v) is 6.65. The van der Waals surface area contributed by atoms with Crippen molar-refractivity contribution in [2.24, 2.45) is 0 Å². The van der Waals surface area contributed by atoms with Crippen molar-refractivity contribution in [2.75, 3.05) is 31.1 Å². The maximum atomic E-state index is 11.6. The summed E-state index contributed by atoms with van der Waals surface area (Å²) in [6, 6.07) is 21.2. The third kappa shape index (κ3) is 5.51. The minimum Gasteiger partial charge on any atom is -0.759 e. The van der Waals surface area contributed by atoms with Crippen LogP contribution in [0.25, 0.3) is 10.8 Å². The smallest absolute Gasteiger partial charge is 0.323 e. The van der Waals surface area contributed by atoms with E-state index >= 15 is 0 Å². The van der Waals surface area contributed by atoms with E-state index in [1.807, 2.05) is 36.4 Å². The molecule has 4 rings (SSSR count). The number of aliphatic carboxylic acids is 1. The quantitative estimate of drug-likeness (QED) is 0.508. The van der Waals surface area contributed by atoms with Crippen LogP contribution in [0.1, 0.15) is 12.5 Å². The molecule has 0 spiro atoms. The van der Waals surface area contributed by atoms with Crippen LogP contribution in [-0.2, 0) is 22.7 Å². The van der Waals surface area contributed by atoms with Gasteiger partial charge in [-0.05, 0) is 53.6 Å². The largest absolute Gasteiger partial charge is 0.759 e. The summed E-state index contributed by atoms with van der Waals surface area (Å²) in [5, 5.41) is 13.1. The number of ether oxygens (including phenoxy) is 1. The Morgan fingerprint density at radius 2 is 1.73 bits per heavy atom. The highest BCUT2D eigenvalue weighted by Gasteiger charge is 2.30. The van der Waals surface area contributed by atoms with Crippen LogP contribution in [0.3, 0.4) is 0 Å². The van der Waals surface area contributed by atoms with Gasteiger partial charge in [0.15, 0.2) is 0 Å². The van der Waals surface area contributed by atoms with Crippen molar-refractivity contribution in [3.8, 4) is 5.75 Å². The van der Waals surface area contributed by atoms with Gasteiger partial charge in [0.2, 0.25) is 0 Å². The molecule has 1 saturated heterocycles. The van der Waals surface area contributed by atoms with Gasteiger partial charge in [-0.15, -0.1) is 0 Å². The van der Waals surface area contributed by atoms with E-state index in [1.165, 1.54) is 17.7 Å². The molecule has 3 aromatic rings. The van der Waals surface area contributed by atoms with Gasteiger partial charge >= 0.3 is 5.97 Å². The molecule has 9 heteroatoms. The molecular weight excluding hydrogens is 442 g/mol. The van der Waals surface area contributed by atoms with Gasteiger partial charge in [-0.2, -0.15) is 4.41 Å². The Morgan fingerprint density at radius 1 is 1.06 bits per heavy atom. The van der Waals surface area contributed by atoms with E-state index in [0.29, 0.717) is 32.8 Å². The van der Waals surface area contributed by atoms with Gasteiger partial charge in [0.25, 0.3) is 0 Å². The molecule has 0 aromatic heterocycles. The van der Waals surface area contributed by atoms with Crippen LogP contribution < -0.4 is 9.64 Å². The lowest BCUT2D eigenvalue weighted by atomic mass is 10.1. The third-order valence-electron chi connectivity index (χ3n) is 5.80.